The Balaban J connectivity index is 1.68. The van der Waals surface area contributed by atoms with Crippen LogP contribution >= 0.6 is 11.3 Å². The summed E-state index contributed by atoms with van der Waals surface area (Å²) >= 11 is 1.66. The predicted molar refractivity (Wildman–Crippen MR) is 85.6 cm³/mol. The molecule has 21 heavy (non-hydrogen) atoms. The fraction of sp³-hybridized carbons (Fsp3) is 0.375. The molecule has 1 aromatic carbocycles. The maximum atomic E-state index is 9.90. The van der Waals surface area contributed by atoms with Gasteiger partial charge in [-0.25, -0.2) is 0 Å². The van der Waals surface area contributed by atoms with Crippen LogP contribution < -0.4 is 5.32 Å². The third kappa shape index (κ3) is 5.85. The van der Waals surface area contributed by atoms with Crippen LogP contribution in [0.3, 0.4) is 0 Å². The van der Waals surface area contributed by atoms with Crippen molar-refractivity contribution < 1.29 is 14.6 Å². The van der Waals surface area contributed by atoms with Gasteiger partial charge in [0.05, 0.1) is 25.9 Å². The van der Waals surface area contributed by atoms with Crippen LogP contribution in [0.5, 0.6) is 0 Å². The van der Waals surface area contributed by atoms with E-state index in [4.69, 9.17) is 9.47 Å². The fourth-order valence-electron chi connectivity index (χ4n) is 1.92. The molecule has 0 saturated carbocycles. The number of ether oxygens (including phenoxy) is 2. The molecule has 0 aliphatic heterocycles. The van der Waals surface area contributed by atoms with Crippen LogP contribution in [0.2, 0.25) is 0 Å². The molecule has 0 aliphatic carbocycles. The van der Waals surface area contributed by atoms with Crippen LogP contribution in [0.15, 0.2) is 41.8 Å². The lowest BCUT2D eigenvalue weighted by Gasteiger charge is -2.13. The van der Waals surface area contributed by atoms with E-state index < -0.39 is 6.10 Å². The van der Waals surface area contributed by atoms with Crippen molar-refractivity contribution in [1.82, 2.24) is 0 Å². The maximum Gasteiger partial charge on any atom is 0.0945 e. The molecular weight excluding hydrogens is 286 g/mol. The summed E-state index contributed by atoms with van der Waals surface area (Å²) in [5.74, 6) is 0. The lowest BCUT2D eigenvalue weighted by atomic mass is 10.2. The molecule has 114 valence electrons. The Morgan fingerprint density at radius 1 is 1.24 bits per heavy atom. The monoisotopic (exact) mass is 307 g/mol. The average molecular weight is 307 g/mol. The van der Waals surface area contributed by atoms with Gasteiger partial charge >= 0.3 is 0 Å². The first-order chi connectivity index (χ1) is 10.3. The zero-order valence-electron chi connectivity index (χ0n) is 12.1. The van der Waals surface area contributed by atoms with Crippen LogP contribution in [0.1, 0.15) is 10.4 Å². The molecule has 4 nitrogen and oxygen atoms in total. The van der Waals surface area contributed by atoms with E-state index in [1.165, 1.54) is 4.88 Å². The minimum absolute atomic E-state index is 0.322. The van der Waals surface area contributed by atoms with Crippen LogP contribution in [0.4, 0.5) is 5.69 Å². The Morgan fingerprint density at radius 3 is 2.90 bits per heavy atom. The summed E-state index contributed by atoms with van der Waals surface area (Å²) in [6.07, 6.45) is -0.531. The summed E-state index contributed by atoms with van der Waals surface area (Å²) in [5, 5.41) is 15.1. The highest BCUT2D eigenvalue weighted by Gasteiger charge is 2.05. The SMILES string of the molecule is COCc1cccc(NCC(O)COCc2cccs2)c1. The van der Waals surface area contributed by atoms with Crippen molar-refractivity contribution >= 4 is 17.0 Å². The van der Waals surface area contributed by atoms with E-state index in [2.05, 4.69) is 5.32 Å². The minimum Gasteiger partial charge on any atom is -0.389 e. The molecule has 0 bridgehead atoms. The number of hydrogen-bond donors (Lipinski definition) is 2. The standard InChI is InChI=1S/C16H21NO3S/c1-19-10-13-4-2-5-14(8-13)17-9-15(18)11-20-12-16-6-3-7-21-16/h2-8,15,17-18H,9-12H2,1H3. The van der Waals surface area contributed by atoms with Crippen molar-refractivity contribution in [3.63, 3.8) is 0 Å². The molecule has 0 amide bonds. The smallest absolute Gasteiger partial charge is 0.0945 e. The van der Waals surface area contributed by atoms with Crippen LogP contribution in [0.25, 0.3) is 0 Å². The van der Waals surface area contributed by atoms with Gasteiger partial charge in [0.1, 0.15) is 0 Å². The van der Waals surface area contributed by atoms with E-state index in [1.807, 2.05) is 41.8 Å². The molecule has 5 heteroatoms. The molecule has 2 aromatic rings. The van der Waals surface area contributed by atoms with Gasteiger partial charge in [0.2, 0.25) is 0 Å². The first kappa shape index (κ1) is 16.0. The molecule has 0 fully saturated rings. The van der Waals surface area contributed by atoms with Gasteiger partial charge < -0.3 is 19.9 Å². The van der Waals surface area contributed by atoms with Crippen LogP contribution in [-0.2, 0) is 22.7 Å². The second-order valence-corrected chi connectivity index (χ2v) is 5.79. The number of thiophene rings is 1. The van der Waals surface area contributed by atoms with E-state index in [0.717, 1.165) is 11.3 Å². The van der Waals surface area contributed by atoms with Crippen molar-refractivity contribution in [2.45, 2.75) is 19.3 Å². The Labute approximate surface area is 129 Å². The topological polar surface area (TPSA) is 50.7 Å². The predicted octanol–water partition coefficient (Wildman–Crippen LogP) is 2.88. The highest BCUT2D eigenvalue weighted by Crippen LogP contribution is 2.12. The summed E-state index contributed by atoms with van der Waals surface area (Å²) in [4.78, 5) is 1.17. The molecule has 0 radical (unpaired) electrons. The molecule has 0 spiro atoms. The summed E-state index contributed by atoms with van der Waals surface area (Å²) in [5.41, 5.74) is 2.08. The first-order valence-electron chi connectivity index (χ1n) is 6.88. The molecule has 1 heterocycles. The quantitative estimate of drug-likeness (QED) is 0.748. The number of nitrogens with one attached hydrogen (secondary N) is 1. The van der Waals surface area contributed by atoms with Gasteiger partial charge in [-0.3, -0.25) is 0 Å². The third-order valence-electron chi connectivity index (χ3n) is 2.91. The van der Waals surface area contributed by atoms with Crippen LogP contribution in [-0.4, -0.2) is 31.5 Å². The summed E-state index contributed by atoms with van der Waals surface area (Å²) in [6.45, 7) is 1.92. The molecule has 1 unspecified atom stereocenters. The number of aliphatic hydroxyl groups is 1. The number of aliphatic hydroxyl groups excluding tert-OH is 1. The van der Waals surface area contributed by atoms with Gasteiger partial charge in [0, 0.05) is 24.2 Å². The summed E-state index contributed by atoms with van der Waals surface area (Å²) in [6, 6.07) is 12.0. The number of rotatable bonds is 9. The minimum atomic E-state index is -0.531. The van der Waals surface area contributed by atoms with Gasteiger partial charge in [-0.1, -0.05) is 18.2 Å². The second kappa shape index (κ2) is 8.79. The first-order valence-corrected chi connectivity index (χ1v) is 7.76. The van der Waals surface area contributed by atoms with Crippen molar-refractivity contribution in [3.8, 4) is 0 Å². The van der Waals surface area contributed by atoms with Gasteiger partial charge in [-0.15, -0.1) is 11.3 Å². The lowest BCUT2D eigenvalue weighted by molar-refractivity contribution is 0.0359. The van der Waals surface area contributed by atoms with E-state index in [-0.39, 0.29) is 0 Å². The van der Waals surface area contributed by atoms with Gasteiger partial charge in [-0.2, -0.15) is 0 Å². The molecule has 0 aliphatic rings. The molecule has 2 N–H and O–H groups in total. The van der Waals surface area contributed by atoms with Crippen molar-refractivity contribution in [3.05, 3.63) is 52.2 Å². The molecule has 1 aromatic heterocycles. The number of methoxy groups -OCH3 is 1. The van der Waals surface area contributed by atoms with Gasteiger partial charge in [-0.05, 0) is 29.1 Å². The highest BCUT2D eigenvalue weighted by molar-refractivity contribution is 7.09. The van der Waals surface area contributed by atoms with Crippen molar-refractivity contribution in [1.29, 1.82) is 0 Å². The molecule has 2 rings (SSSR count). The average Bonchev–Trinajstić information content (AvgIpc) is 2.99. The Morgan fingerprint density at radius 2 is 2.14 bits per heavy atom. The molecular formula is C16H21NO3S. The second-order valence-electron chi connectivity index (χ2n) is 4.76. The number of hydrogen-bond acceptors (Lipinski definition) is 5. The Bertz CT molecular complexity index is 516. The summed E-state index contributed by atoms with van der Waals surface area (Å²) in [7, 11) is 1.68. The summed E-state index contributed by atoms with van der Waals surface area (Å²) < 4.78 is 10.6. The van der Waals surface area contributed by atoms with Gasteiger partial charge in [0.15, 0.2) is 0 Å². The van der Waals surface area contributed by atoms with Crippen molar-refractivity contribution in [2.24, 2.45) is 0 Å². The maximum absolute atomic E-state index is 9.90. The fourth-order valence-corrected chi connectivity index (χ4v) is 2.56. The van der Waals surface area contributed by atoms with E-state index in [9.17, 15) is 5.11 Å². The van der Waals surface area contributed by atoms with Crippen molar-refractivity contribution in [2.75, 3.05) is 25.6 Å². The Kier molecular flexibility index (Phi) is 6.69. The van der Waals surface area contributed by atoms with Crippen LogP contribution in [0, 0.1) is 0 Å². The van der Waals surface area contributed by atoms with E-state index >= 15 is 0 Å². The third-order valence-corrected chi connectivity index (χ3v) is 3.76. The zero-order valence-corrected chi connectivity index (χ0v) is 12.9. The number of anilines is 1. The van der Waals surface area contributed by atoms with Gasteiger partial charge in [0.25, 0.3) is 0 Å². The Hall–Kier alpha value is -1.40. The van der Waals surface area contributed by atoms with E-state index in [0.29, 0.717) is 26.4 Å². The number of benzene rings is 1. The normalized spacial score (nSPS) is 12.3. The molecule has 1 atom stereocenters. The highest BCUT2D eigenvalue weighted by atomic mass is 32.1. The molecule has 0 saturated heterocycles. The lowest BCUT2D eigenvalue weighted by Crippen LogP contribution is -2.24. The zero-order chi connectivity index (χ0) is 14.9. The largest absolute Gasteiger partial charge is 0.389 e. The van der Waals surface area contributed by atoms with E-state index in [1.54, 1.807) is 18.4 Å².